The molecule has 64 valence electrons. The van der Waals surface area contributed by atoms with Crippen LogP contribution in [0.2, 0.25) is 0 Å². The molecule has 1 heterocycles. The highest BCUT2D eigenvalue weighted by Crippen LogP contribution is 1.88. The third-order valence-electron chi connectivity index (χ3n) is 1.26. The van der Waals surface area contributed by atoms with Gasteiger partial charge in [-0.1, -0.05) is 10.6 Å². The first-order valence-electron chi connectivity index (χ1n) is 3.87. The maximum absolute atomic E-state index is 11.2. The van der Waals surface area contributed by atoms with Gasteiger partial charge < -0.3 is 4.74 Å². The summed E-state index contributed by atoms with van der Waals surface area (Å²) in [6, 6.07) is 5.41. The fourth-order valence-corrected chi connectivity index (χ4v) is 0.783. The summed E-state index contributed by atoms with van der Waals surface area (Å²) in [5, 5.41) is 0. The Morgan fingerprint density at radius 3 is 2.33 bits per heavy atom. The number of hydrogen-bond acceptors (Lipinski definition) is 2. The van der Waals surface area contributed by atoms with E-state index < -0.39 is 0 Å². The Balaban J connectivity index is 2.66. The number of pyridine rings is 1. The van der Waals surface area contributed by atoms with Gasteiger partial charge in [-0.15, -0.1) is 0 Å². The number of ether oxygens (including phenoxy) is 1. The predicted molar refractivity (Wildman–Crippen MR) is 43.7 cm³/mol. The van der Waals surface area contributed by atoms with Crippen LogP contribution in [0.3, 0.4) is 0 Å². The zero-order valence-corrected chi connectivity index (χ0v) is 7.23. The lowest BCUT2D eigenvalue weighted by Crippen LogP contribution is -2.43. The summed E-state index contributed by atoms with van der Waals surface area (Å²) in [7, 11) is 0. The van der Waals surface area contributed by atoms with Crippen molar-refractivity contribution in [3.63, 3.8) is 0 Å². The van der Waals surface area contributed by atoms with Gasteiger partial charge in [-0.25, -0.2) is 0 Å². The van der Waals surface area contributed by atoms with Crippen LogP contribution in [-0.4, -0.2) is 12.2 Å². The summed E-state index contributed by atoms with van der Waals surface area (Å²) in [6.07, 6.45) is 2.89. The van der Waals surface area contributed by atoms with Crippen molar-refractivity contribution < 1.29 is 14.1 Å². The van der Waals surface area contributed by atoms with Crippen molar-refractivity contribution in [3.05, 3.63) is 30.6 Å². The smallest absolute Gasteiger partial charge is 0.409 e. The molecular weight excluding hydrogens is 154 g/mol. The Kier molecular flexibility index (Phi) is 2.80. The maximum Gasteiger partial charge on any atom is 0.602 e. The molecule has 0 atom stereocenters. The standard InChI is InChI=1S/C9H12NO2/c1-8(2)12-9(11)10-6-4-3-5-7-10/h3-8H,1-2H3/q+1. The average molecular weight is 166 g/mol. The van der Waals surface area contributed by atoms with Gasteiger partial charge in [0.05, 0.1) is 0 Å². The zero-order valence-electron chi connectivity index (χ0n) is 7.23. The highest BCUT2D eigenvalue weighted by molar-refractivity contribution is 5.56. The summed E-state index contributed by atoms with van der Waals surface area (Å²) in [4.78, 5) is 11.2. The van der Waals surface area contributed by atoms with Gasteiger partial charge in [0.15, 0.2) is 12.4 Å². The van der Waals surface area contributed by atoms with Crippen LogP contribution in [0, 0.1) is 0 Å². The van der Waals surface area contributed by atoms with Crippen LogP contribution in [0.25, 0.3) is 0 Å². The molecule has 0 aromatic carbocycles. The van der Waals surface area contributed by atoms with Gasteiger partial charge >= 0.3 is 6.09 Å². The van der Waals surface area contributed by atoms with Gasteiger partial charge in [-0.3, -0.25) is 0 Å². The van der Waals surface area contributed by atoms with E-state index in [0.29, 0.717) is 0 Å². The highest BCUT2D eigenvalue weighted by atomic mass is 16.6. The molecule has 0 fully saturated rings. The fourth-order valence-electron chi connectivity index (χ4n) is 0.783. The van der Waals surface area contributed by atoms with Crippen LogP contribution in [0.1, 0.15) is 13.8 Å². The van der Waals surface area contributed by atoms with E-state index in [1.54, 1.807) is 24.5 Å². The Labute approximate surface area is 71.6 Å². The summed E-state index contributed by atoms with van der Waals surface area (Å²) < 4.78 is 6.36. The van der Waals surface area contributed by atoms with E-state index in [1.165, 1.54) is 4.57 Å². The lowest BCUT2D eigenvalue weighted by atomic mass is 10.5. The van der Waals surface area contributed by atoms with Crippen molar-refractivity contribution >= 4 is 6.09 Å². The molecule has 0 aliphatic rings. The summed E-state index contributed by atoms with van der Waals surface area (Å²) >= 11 is 0. The van der Waals surface area contributed by atoms with E-state index >= 15 is 0 Å². The van der Waals surface area contributed by atoms with Crippen molar-refractivity contribution in [3.8, 4) is 0 Å². The molecule has 1 rings (SSSR count). The first-order chi connectivity index (χ1) is 5.70. The minimum Gasteiger partial charge on any atom is -0.409 e. The number of nitrogens with zero attached hydrogens (tertiary/aromatic N) is 1. The predicted octanol–water partition coefficient (Wildman–Crippen LogP) is 1.37. The Morgan fingerprint density at radius 2 is 1.83 bits per heavy atom. The molecule has 0 bridgehead atoms. The molecule has 3 nitrogen and oxygen atoms in total. The first-order valence-corrected chi connectivity index (χ1v) is 3.87. The third kappa shape index (κ3) is 2.34. The SMILES string of the molecule is CC(C)OC(=O)[n+]1ccccc1. The van der Waals surface area contributed by atoms with Gasteiger partial charge in [0.25, 0.3) is 0 Å². The fraction of sp³-hybridized carbons (Fsp3) is 0.333. The van der Waals surface area contributed by atoms with Crippen molar-refractivity contribution in [2.75, 3.05) is 0 Å². The topological polar surface area (TPSA) is 30.2 Å². The molecule has 3 heteroatoms. The Morgan fingerprint density at radius 1 is 1.25 bits per heavy atom. The minimum atomic E-state index is -0.342. The molecule has 0 unspecified atom stereocenters. The molecule has 0 radical (unpaired) electrons. The van der Waals surface area contributed by atoms with Crippen LogP contribution in [0.4, 0.5) is 4.79 Å². The normalized spacial score (nSPS) is 9.92. The number of aromatic nitrogens is 1. The number of rotatable bonds is 1. The monoisotopic (exact) mass is 166 g/mol. The number of carbonyl (C=O) groups is 1. The van der Waals surface area contributed by atoms with E-state index in [-0.39, 0.29) is 12.2 Å². The molecule has 0 N–H and O–H groups in total. The second-order valence-electron chi connectivity index (χ2n) is 2.72. The van der Waals surface area contributed by atoms with E-state index in [2.05, 4.69) is 0 Å². The summed E-state index contributed by atoms with van der Waals surface area (Å²) in [5.74, 6) is 0. The molecule has 12 heavy (non-hydrogen) atoms. The van der Waals surface area contributed by atoms with E-state index in [0.717, 1.165) is 0 Å². The minimum absolute atomic E-state index is 0.0785. The molecule has 0 aliphatic heterocycles. The zero-order chi connectivity index (χ0) is 8.97. The van der Waals surface area contributed by atoms with E-state index in [4.69, 9.17) is 4.74 Å². The van der Waals surface area contributed by atoms with Gasteiger partial charge in [-0.05, 0) is 13.8 Å². The van der Waals surface area contributed by atoms with Crippen LogP contribution >= 0.6 is 0 Å². The molecular formula is C9H12NO2+. The van der Waals surface area contributed by atoms with Crippen molar-refractivity contribution in [1.82, 2.24) is 0 Å². The molecule has 0 amide bonds. The van der Waals surface area contributed by atoms with Gasteiger partial charge in [0.2, 0.25) is 0 Å². The Bertz CT molecular complexity index is 256. The highest BCUT2D eigenvalue weighted by Gasteiger charge is 2.15. The van der Waals surface area contributed by atoms with Crippen molar-refractivity contribution in [2.45, 2.75) is 20.0 Å². The lowest BCUT2D eigenvalue weighted by Gasteiger charge is -2.01. The van der Waals surface area contributed by atoms with E-state index in [9.17, 15) is 4.79 Å². The van der Waals surface area contributed by atoms with Crippen LogP contribution in [0.5, 0.6) is 0 Å². The average Bonchev–Trinajstić information content (AvgIpc) is 2.05. The van der Waals surface area contributed by atoms with Crippen LogP contribution < -0.4 is 4.57 Å². The first kappa shape index (κ1) is 8.71. The van der Waals surface area contributed by atoms with E-state index in [1.807, 2.05) is 19.9 Å². The molecule has 0 spiro atoms. The van der Waals surface area contributed by atoms with Gasteiger partial charge in [0, 0.05) is 12.1 Å². The van der Waals surface area contributed by atoms with Gasteiger partial charge in [-0.2, -0.15) is 4.79 Å². The van der Waals surface area contributed by atoms with Crippen molar-refractivity contribution in [1.29, 1.82) is 0 Å². The summed E-state index contributed by atoms with van der Waals surface area (Å²) in [5.41, 5.74) is 0. The molecule has 1 aromatic heterocycles. The second-order valence-corrected chi connectivity index (χ2v) is 2.72. The largest absolute Gasteiger partial charge is 0.602 e. The second kappa shape index (κ2) is 3.85. The molecule has 0 saturated heterocycles. The summed E-state index contributed by atoms with van der Waals surface area (Å²) in [6.45, 7) is 3.64. The Hall–Kier alpha value is -1.38. The maximum atomic E-state index is 11.2. The molecule has 0 saturated carbocycles. The number of hydrogen-bond donors (Lipinski definition) is 0. The molecule has 1 aromatic rings. The lowest BCUT2D eigenvalue weighted by molar-refractivity contribution is -0.587. The van der Waals surface area contributed by atoms with Crippen LogP contribution in [-0.2, 0) is 4.74 Å². The molecule has 0 aliphatic carbocycles. The van der Waals surface area contributed by atoms with Crippen LogP contribution in [0.15, 0.2) is 30.6 Å². The van der Waals surface area contributed by atoms with Gasteiger partial charge in [0.1, 0.15) is 6.10 Å². The quantitative estimate of drug-likeness (QED) is 0.590. The number of carbonyl (C=O) groups excluding carboxylic acids is 1. The third-order valence-corrected chi connectivity index (χ3v) is 1.26. The van der Waals surface area contributed by atoms with Crippen molar-refractivity contribution in [2.24, 2.45) is 0 Å².